The van der Waals surface area contributed by atoms with Gasteiger partial charge in [-0.25, -0.2) is 8.78 Å². The van der Waals surface area contributed by atoms with Crippen molar-refractivity contribution in [3.05, 3.63) is 35.4 Å². The van der Waals surface area contributed by atoms with Gasteiger partial charge in [0.1, 0.15) is 11.6 Å². The zero-order valence-corrected chi connectivity index (χ0v) is 11.5. The Morgan fingerprint density at radius 2 is 2.05 bits per heavy atom. The first-order valence-corrected chi connectivity index (χ1v) is 7.23. The van der Waals surface area contributed by atoms with Gasteiger partial charge in [-0.3, -0.25) is 0 Å². The van der Waals surface area contributed by atoms with Crippen LogP contribution in [0.25, 0.3) is 0 Å². The van der Waals surface area contributed by atoms with Gasteiger partial charge in [-0.1, -0.05) is 32.3 Å². The van der Waals surface area contributed by atoms with Crippen molar-refractivity contribution in [3.8, 4) is 0 Å². The lowest BCUT2D eigenvalue weighted by Gasteiger charge is -2.27. The fourth-order valence-corrected chi connectivity index (χ4v) is 3.23. The van der Waals surface area contributed by atoms with E-state index in [1.54, 1.807) is 0 Å². The Labute approximate surface area is 113 Å². The summed E-state index contributed by atoms with van der Waals surface area (Å²) in [4.78, 5) is 0. The van der Waals surface area contributed by atoms with Crippen LogP contribution < -0.4 is 0 Å². The Morgan fingerprint density at radius 1 is 1.26 bits per heavy atom. The fourth-order valence-electron chi connectivity index (χ4n) is 3.23. The summed E-state index contributed by atoms with van der Waals surface area (Å²) < 4.78 is 26.8. The van der Waals surface area contributed by atoms with Gasteiger partial charge in [0.2, 0.25) is 0 Å². The first-order chi connectivity index (χ1) is 9.05. The normalized spacial score (nSPS) is 28.1. The monoisotopic (exact) mass is 268 g/mol. The van der Waals surface area contributed by atoms with Gasteiger partial charge in [0.25, 0.3) is 0 Å². The molecular formula is C16H22F2O. The van der Waals surface area contributed by atoms with E-state index in [0.717, 1.165) is 31.7 Å². The van der Waals surface area contributed by atoms with Crippen LogP contribution in [0.3, 0.4) is 0 Å². The minimum Gasteiger partial charge on any atom is -0.385 e. The number of benzene rings is 1. The molecule has 1 aromatic rings. The molecule has 2 rings (SSSR count). The van der Waals surface area contributed by atoms with E-state index in [9.17, 15) is 13.9 Å². The first kappa shape index (κ1) is 14.4. The molecule has 3 heteroatoms. The quantitative estimate of drug-likeness (QED) is 0.798. The molecule has 1 N–H and O–H groups in total. The Bertz CT molecular complexity index is 433. The second kappa shape index (κ2) is 6.00. The topological polar surface area (TPSA) is 20.2 Å². The van der Waals surface area contributed by atoms with Crippen molar-refractivity contribution >= 4 is 0 Å². The van der Waals surface area contributed by atoms with Crippen molar-refractivity contribution in [2.45, 2.75) is 57.5 Å². The van der Waals surface area contributed by atoms with Gasteiger partial charge in [0.05, 0.1) is 5.60 Å². The Balaban J connectivity index is 2.17. The van der Waals surface area contributed by atoms with Crippen LogP contribution in [0.4, 0.5) is 8.78 Å². The predicted molar refractivity (Wildman–Crippen MR) is 71.7 cm³/mol. The molecule has 0 heterocycles. The minimum atomic E-state index is -1.12. The summed E-state index contributed by atoms with van der Waals surface area (Å²) in [6.07, 6.45) is 6.37. The van der Waals surface area contributed by atoms with Gasteiger partial charge in [0.15, 0.2) is 0 Å². The Morgan fingerprint density at radius 3 is 2.74 bits per heavy atom. The summed E-state index contributed by atoms with van der Waals surface area (Å²) in [6, 6.07) is 3.48. The summed E-state index contributed by atoms with van der Waals surface area (Å²) in [7, 11) is 0. The second-order valence-electron chi connectivity index (χ2n) is 5.74. The van der Waals surface area contributed by atoms with E-state index >= 15 is 0 Å². The van der Waals surface area contributed by atoms with E-state index in [-0.39, 0.29) is 5.56 Å². The molecule has 1 aliphatic carbocycles. The third-order valence-electron chi connectivity index (χ3n) is 4.30. The second-order valence-corrected chi connectivity index (χ2v) is 5.74. The molecule has 2 atom stereocenters. The van der Waals surface area contributed by atoms with E-state index in [4.69, 9.17) is 0 Å². The zero-order chi connectivity index (χ0) is 13.9. The van der Waals surface area contributed by atoms with E-state index in [1.807, 2.05) is 0 Å². The molecule has 1 saturated carbocycles. The molecule has 0 aliphatic heterocycles. The highest BCUT2D eigenvalue weighted by Gasteiger charge is 2.34. The predicted octanol–water partition coefficient (Wildman–Crippen LogP) is 4.53. The van der Waals surface area contributed by atoms with Gasteiger partial charge < -0.3 is 5.11 Å². The van der Waals surface area contributed by atoms with Crippen molar-refractivity contribution in [1.29, 1.82) is 0 Å². The van der Waals surface area contributed by atoms with Crippen molar-refractivity contribution in [2.24, 2.45) is 5.92 Å². The van der Waals surface area contributed by atoms with Crippen LogP contribution in [-0.4, -0.2) is 5.11 Å². The molecule has 106 valence electrons. The fraction of sp³-hybridized carbons (Fsp3) is 0.625. The highest BCUT2D eigenvalue weighted by molar-refractivity contribution is 5.25. The molecule has 1 fully saturated rings. The SMILES string of the molecule is CCCC1CCCC(O)(c2ccc(F)cc2F)CC1. The Hall–Kier alpha value is -0.960. The lowest BCUT2D eigenvalue weighted by Crippen LogP contribution is -2.26. The summed E-state index contributed by atoms with van der Waals surface area (Å²) in [5.74, 6) is -0.596. The number of rotatable bonds is 3. The van der Waals surface area contributed by atoms with Gasteiger partial charge in [0, 0.05) is 11.6 Å². The number of halogens is 2. The molecule has 1 aliphatic rings. The van der Waals surface area contributed by atoms with E-state index in [1.165, 1.54) is 18.6 Å². The molecule has 0 aromatic heterocycles. The standard InChI is InChI=1S/C16H22F2O/c1-2-4-12-5-3-9-16(19,10-8-12)14-7-6-13(17)11-15(14)18/h6-7,11-12,19H,2-5,8-10H2,1H3. The van der Waals surface area contributed by atoms with Gasteiger partial charge in [-0.15, -0.1) is 0 Å². The largest absolute Gasteiger partial charge is 0.385 e. The maximum atomic E-state index is 13.9. The Kier molecular flexibility index (Phi) is 4.56. The van der Waals surface area contributed by atoms with Crippen LogP contribution in [0.5, 0.6) is 0 Å². The summed E-state index contributed by atoms with van der Waals surface area (Å²) >= 11 is 0. The average Bonchev–Trinajstić information content (AvgIpc) is 2.53. The lowest BCUT2D eigenvalue weighted by atomic mass is 9.85. The van der Waals surface area contributed by atoms with Crippen molar-refractivity contribution in [1.82, 2.24) is 0 Å². The van der Waals surface area contributed by atoms with Crippen LogP contribution in [0.15, 0.2) is 18.2 Å². The van der Waals surface area contributed by atoms with Crippen molar-refractivity contribution in [2.75, 3.05) is 0 Å². The van der Waals surface area contributed by atoms with Crippen LogP contribution in [0.1, 0.15) is 57.4 Å². The number of hydrogen-bond donors (Lipinski definition) is 1. The highest BCUT2D eigenvalue weighted by atomic mass is 19.1. The minimum absolute atomic E-state index is 0.256. The molecule has 19 heavy (non-hydrogen) atoms. The molecule has 1 nitrogen and oxygen atoms in total. The molecule has 0 bridgehead atoms. The average molecular weight is 268 g/mol. The number of aliphatic hydroxyl groups is 1. The van der Waals surface area contributed by atoms with E-state index in [0.29, 0.717) is 18.8 Å². The third-order valence-corrected chi connectivity index (χ3v) is 4.30. The van der Waals surface area contributed by atoms with Crippen molar-refractivity contribution < 1.29 is 13.9 Å². The molecule has 1 aromatic carbocycles. The van der Waals surface area contributed by atoms with Crippen LogP contribution in [-0.2, 0) is 5.60 Å². The molecule has 0 radical (unpaired) electrons. The van der Waals surface area contributed by atoms with Gasteiger partial charge >= 0.3 is 0 Å². The lowest BCUT2D eigenvalue weighted by molar-refractivity contribution is 0.0160. The van der Waals surface area contributed by atoms with E-state index in [2.05, 4.69) is 6.92 Å². The smallest absolute Gasteiger partial charge is 0.132 e. The van der Waals surface area contributed by atoms with Crippen LogP contribution in [0, 0.1) is 17.6 Å². The molecule has 0 saturated heterocycles. The summed E-state index contributed by atoms with van der Waals surface area (Å²) in [6.45, 7) is 2.16. The van der Waals surface area contributed by atoms with E-state index < -0.39 is 17.2 Å². The molecular weight excluding hydrogens is 246 g/mol. The van der Waals surface area contributed by atoms with Crippen LogP contribution in [0.2, 0.25) is 0 Å². The highest BCUT2D eigenvalue weighted by Crippen LogP contribution is 2.40. The molecule has 0 amide bonds. The van der Waals surface area contributed by atoms with Gasteiger partial charge in [-0.2, -0.15) is 0 Å². The number of hydrogen-bond acceptors (Lipinski definition) is 1. The summed E-state index contributed by atoms with van der Waals surface area (Å²) in [5, 5.41) is 10.7. The summed E-state index contributed by atoms with van der Waals surface area (Å²) in [5.41, 5.74) is -0.869. The first-order valence-electron chi connectivity index (χ1n) is 7.23. The molecule has 2 unspecified atom stereocenters. The van der Waals surface area contributed by atoms with Gasteiger partial charge in [-0.05, 0) is 37.7 Å². The third kappa shape index (κ3) is 3.33. The molecule has 0 spiro atoms. The maximum Gasteiger partial charge on any atom is 0.132 e. The maximum absolute atomic E-state index is 13.9. The van der Waals surface area contributed by atoms with Crippen LogP contribution >= 0.6 is 0 Å². The van der Waals surface area contributed by atoms with Crippen molar-refractivity contribution in [3.63, 3.8) is 0 Å². The zero-order valence-electron chi connectivity index (χ0n) is 11.5.